The molecule has 0 aromatic heterocycles. The number of carbonyl (C=O) groups excluding carboxylic acids is 5. The first-order valence-corrected chi connectivity index (χ1v) is 23.9. The molecule has 2 unspecified atom stereocenters. The highest BCUT2D eigenvalue weighted by Crippen LogP contribution is 2.38. The quantitative estimate of drug-likeness (QED) is 0.149. The molecule has 1 amide bonds. The van der Waals surface area contributed by atoms with E-state index in [0.717, 1.165) is 12.0 Å². The number of amides is 1. The fourth-order valence-electron chi connectivity index (χ4n) is 10.0. The third-order valence-electron chi connectivity index (χ3n) is 14.6. The van der Waals surface area contributed by atoms with Crippen molar-refractivity contribution in [2.45, 2.75) is 181 Å². The summed E-state index contributed by atoms with van der Waals surface area (Å²) in [5.41, 5.74) is 1.46. The lowest BCUT2D eigenvalue weighted by molar-refractivity contribution is -0.264. The molecule has 1 saturated carbocycles. The van der Waals surface area contributed by atoms with Crippen LogP contribution in [0.3, 0.4) is 0 Å². The van der Waals surface area contributed by atoms with Gasteiger partial charge in [-0.3, -0.25) is 19.2 Å². The topological polar surface area (TPSA) is 186 Å². The minimum absolute atomic E-state index is 0.0315. The summed E-state index contributed by atoms with van der Waals surface area (Å²) in [7, 11) is 2.95. The van der Waals surface area contributed by atoms with Gasteiger partial charge in [0.25, 0.3) is 11.7 Å². The number of carbonyl (C=O) groups is 5. The highest BCUT2D eigenvalue weighted by molar-refractivity contribution is 6.39. The number of allylic oxidation sites excluding steroid dienone is 7. The number of aliphatic hydroxyl groups excluding tert-OH is 2. The van der Waals surface area contributed by atoms with Gasteiger partial charge in [-0.25, -0.2) is 4.79 Å². The number of nitrogens with zero attached hydrogens (tertiary/aromatic N) is 1. The number of rotatable bonds is 5. The highest BCUT2D eigenvalue weighted by atomic mass is 16.6. The number of aliphatic hydroxyl groups is 3. The van der Waals surface area contributed by atoms with Crippen molar-refractivity contribution in [3.8, 4) is 0 Å². The molecule has 0 radical (unpaired) electrons. The van der Waals surface area contributed by atoms with E-state index >= 15 is 0 Å². The average Bonchev–Trinajstić information content (AvgIpc) is 3.26. The second-order valence-electron chi connectivity index (χ2n) is 19.8. The molecule has 13 nitrogen and oxygen atoms in total. The summed E-state index contributed by atoms with van der Waals surface area (Å²) < 4.78 is 23.6. The summed E-state index contributed by atoms with van der Waals surface area (Å²) in [5.74, 6) is -7.66. The first-order valence-electron chi connectivity index (χ1n) is 23.9. The van der Waals surface area contributed by atoms with Gasteiger partial charge in [-0.2, -0.15) is 0 Å². The normalized spacial score (nSPS) is 40.9. The van der Waals surface area contributed by atoms with Crippen molar-refractivity contribution in [2.75, 3.05) is 20.8 Å². The Labute approximate surface area is 382 Å². The Morgan fingerprint density at radius 2 is 1.56 bits per heavy atom. The third kappa shape index (κ3) is 13.9. The van der Waals surface area contributed by atoms with Crippen molar-refractivity contribution in [1.82, 2.24) is 4.90 Å². The van der Waals surface area contributed by atoms with Crippen LogP contribution < -0.4 is 0 Å². The van der Waals surface area contributed by atoms with E-state index in [1.807, 2.05) is 65.0 Å². The van der Waals surface area contributed by atoms with Crippen LogP contribution in [-0.2, 0) is 42.9 Å². The highest BCUT2D eigenvalue weighted by Gasteiger charge is 2.53. The van der Waals surface area contributed by atoms with Crippen LogP contribution in [0.15, 0.2) is 47.6 Å². The van der Waals surface area contributed by atoms with E-state index < -0.39 is 77.8 Å². The van der Waals surface area contributed by atoms with Gasteiger partial charge in [-0.1, -0.05) is 83.6 Å². The third-order valence-corrected chi connectivity index (χ3v) is 14.6. The minimum atomic E-state index is -2.37. The first kappa shape index (κ1) is 53.3. The number of fused-ring (bicyclic) bond motifs is 3. The Bertz CT molecular complexity index is 1740. The van der Waals surface area contributed by atoms with Crippen molar-refractivity contribution in [3.05, 3.63) is 47.6 Å². The molecule has 3 heterocycles. The number of hydrogen-bond acceptors (Lipinski definition) is 12. The molecular weight excluding hydrogens is 819 g/mol. The number of piperidine rings is 1. The van der Waals surface area contributed by atoms with Gasteiger partial charge in [0, 0.05) is 44.9 Å². The molecule has 3 N–H and O–H groups in total. The molecule has 64 heavy (non-hydrogen) atoms. The average molecular weight is 898 g/mol. The Hall–Kier alpha value is -3.33. The molecule has 3 fully saturated rings. The second kappa shape index (κ2) is 24.4. The van der Waals surface area contributed by atoms with E-state index in [2.05, 4.69) is 0 Å². The molecular formula is C51H79NO12. The van der Waals surface area contributed by atoms with Gasteiger partial charge in [0.05, 0.1) is 18.3 Å². The number of cyclic esters (lactones) is 1. The van der Waals surface area contributed by atoms with Gasteiger partial charge in [0.2, 0.25) is 5.79 Å². The van der Waals surface area contributed by atoms with Gasteiger partial charge in [0.1, 0.15) is 30.1 Å². The summed E-state index contributed by atoms with van der Waals surface area (Å²) in [6.07, 6.45) is 12.5. The zero-order valence-electron chi connectivity index (χ0n) is 40.2. The van der Waals surface area contributed by atoms with Crippen LogP contribution in [0, 0.1) is 41.4 Å². The van der Waals surface area contributed by atoms with Crippen LogP contribution in [0.25, 0.3) is 0 Å². The minimum Gasteiger partial charge on any atom is -0.460 e. The van der Waals surface area contributed by atoms with Crippen LogP contribution >= 0.6 is 0 Å². The molecule has 0 spiro atoms. The fourth-order valence-corrected chi connectivity index (χ4v) is 10.0. The molecule has 0 aromatic carbocycles. The molecule has 3 aliphatic heterocycles. The van der Waals surface area contributed by atoms with Crippen molar-refractivity contribution < 1.29 is 58.2 Å². The Morgan fingerprint density at radius 3 is 2.25 bits per heavy atom. The van der Waals surface area contributed by atoms with Gasteiger partial charge in [-0.15, -0.1) is 0 Å². The lowest BCUT2D eigenvalue weighted by Crippen LogP contribution is -2.60. The molecule has 15 atom stereocenters. The van der Waals surface area contributed by atoms with E-state index in [0.29, 0.717) is 63.4 Å². The predicted octanol–water partition coefficient (Wildman–Crippen LogP) is 6.80. The maximum atomic E-state index is 14.3. The summed E-state index contributed by atoms with van der Waals surface area (Å²) in [6.45, 7) is 15.0. The Kier molecular flexibility index (Phi) is 20.4. The number of hydrogen-bond donors (Lipinski definition) is 3. The van der Waals surface area contributed by atoms with Gasteiger partial charge >= 0.3 is 5.97 Å². The molecule has 2 bridgehead atoms. The molecule has 2 saturated heterocycles. The van der Waals surface area contributed by atoms with E-state index in [4.69, 9.17) is 18.9 Å². The number of esters is 1. The summed E-state index contributed by atoms with van der Waals surface area (Å²) in [5, 5.41) is 33.8. The van der Waals surface area contributed by atoms with Gasteiger partial charge in [0.15, 0.2) is 5.78 Å². The summed E-state index contributed by atoms with van der Waals surface area (Å²) in [6, 6.07) is -1.12. The monoisotopic (exact) mass is 898 g/mol. The van der Waals surface area contributed by atoms with E-state index in [1.54, 1.807) is 34.0 Å². The Morgan fingerprint density at radius 1 is 0.844 bits per heavy atom. The second-order valence-corrected chi connectivity index (χ2v) is 19.8. The van der Waals surface area contributed by atoms with Crippen molar-refractivity contribution in [1.29, 1.82) is 0 Å². The van der Waals surface area contributed by atoms with Gasteiger partial charge < -0.3 is 39.2 Å². The van der Waals surface area contributed by atoms with Crippen LogP contribution in [0.2, 0.25) is 0 Å². The lowest BCUT2D eigenvalue weighted by Gasteiger charge is -2.42. The number of Topliss-reactive ketones (excluding diaryl/α,β-unsaturated/α-hetero) is 3. The Balaban J connectivity index is 1.69. The zero-order chi connectivity index (χ0) is 47.5. The maximum absolute atomic E-state index is 14.3. The molecule has 360 valence electrons. The molecule has 13 heteroatoms. The van der Waals surface area contributed by atoms with E-state index in [-0.39, 0.29) is 60.7 Å². The molecule has 4 aliphatic rings. The maximum Gasteiger partial charge on any atom is 0.329 e. The van der Waals surface area contributed by atoms with Gasteiger partial charge in [-0.05, 0) is 114 Å². The van der Waals surface area contributed by atoms with Crippen LogP contribution in [0.1, 0.15) is 132 Å². The standard InChI is InChI=1S/C51H79NO12/c1-30-16-12-11-13-17-31(2)32(3)27-39-21-19-37(8)51(60,64-39)48(57)49(58)52-23-15-14-18-40(52)50(59)63-43(34(5)26-38-20-22-41(53)44(28-38)61-9)29-42(54)33(4)25-36(7)46(56)47(62-10)45(55)35(6)24-30/h11-13,16-17,25,30,32-35,37-41,43-44,46-47,53,56,60H,14-15,18-24,26-29H2,1-10H3/b13-11+,16-12+,31-17+,36-25+/t30-,32?,33-,34-,35-,37-,38+,39+,40+,41-,43+,44-,46-,47+,51?/m1/s1. The van der Waals surface area contributed by atoms with E-state index in [9.17, 15) is 39.3 Å². The van der Waals surface area contributed by atoms with Crippen molar-refractivity contribution in [2.24, 2.45) is 41.4 Å². The summed E-state index contributed by atoms with van der Waals surface area (Å²) in [4.78, 5) is 71.7. The smallest absolute Gasteiger partial charge is 0.329 e. The largest absolute Gasteiger partial charge is 0.460 e. The number of ketones is 3. The SMILES string of the molecule is CO[C@@H]1C[C@H](C[C@@H](C)[C@@H]2CC(=O)[C@H](C)/C=C(\C)[C@@H](O)[C@@H](OC)C(=O)[C@H](C)C[C@H](C)/C=C/C=C/C=C(\C)C(C)C[C@@H]3CC[C@@H](C)C(O)(O3)C(=O)C(=O)N3CCCC[C@H]3C(=O)O2)CC[C@H]1O. The molecule has 4 rings (SSSR count). The zero-order valence-corrected chi connectivity index (χ0v) is 40.2. The van der Waals surface area contributed by atoms with Crippen molar-refractivity contribution in [3.63, 3.8) is 0 Å². The van der Waals surface area contributed by atoms with Crippen molar-refractivity contribution >= 4 is 29.2 Å². The van der Waals surface area contributed by atoms with E-state index in [1.165, 1.54) is 12.0 Å². The van der Waals surface area contributed by atoms with Crippen LogP contribution in [-0.4, -0.2) is 119 Å². The molecule has 1 aliphatic carbocycles. The molecule has 0 aromatic rings. The van der Waals surface area contributed by atoms with Crippen LogP contribution in [0.5, 0.6) is 0 Å². The predicted molar refractivity (Wildman–Crippen MR) is 244 cm³/mol. The lowest BCUT2D eigenvalue weighted by atomic mass is 9.78. The number of ether oxygens (including phenoxy) is 4. The number of methoxy groups -OCH3 is 2. The summed E-state index contributed by atoms with van der Waals surface area (Å²) >= 11 is 0. The first-order chi connectivity index (χ1) is 30.2. The fraction of sp³-hybridized carbons (Fsp3) is 0.745. The van der Waals surface area contributed by atoms with Crippen LogP contribution in [0.4, 0.5) is 0 Å².